The lowest BCUT2D eigenvalue weighted by Crippen LogP contribution is -2.49. The first-order chi connectivity index (χ1) is 14.8. The Hall–Kier alpha value is -2.50. The first kappa shape index (κ1) is 21.7. The third-order valence-corrected chi connectivity index (χ3v) is 5.84. The summed E-state index contributed by atoms with van der Waals surface area (Å²) in [6, 6.07) is 16.5. The molecule has 2 heterocycles. The van der Waals surface area contributed by atoms with Gasteiger partial charge < -0.3 is 20.3 Å². The molecule has 1 fully saturated rings. The Morgan fingerprint density at radius 3 is 2.39 bits per heavy atom. The maximum atomic E-state index is 6.03. The van der Waals surface area contributed by atoms with E-state index in [0.717, 1.165) is 59.1 Å². The molecular formula is C25H31ClN4O. The molecule has 0 radical (unpaired) electrons. The van der Waals surface area contributed by atoms with Crippen LogP contribution in [0.2, 0.25) is 5.02 Å². The maximum absolute atomic E-state index is 6.03. The van der Waals surface area contributed by atoms with E-state index in [4.69, 9.17) is 21.3 Å². The third-order valence-electron chi connectivity index (χ3n) is 5.58. The highest BCUT2D eigenvalue weighted by Crippen LogP contribution is 2.34. The third kappa shape index (κ3) is 5.41. The van der Waals surface area contributed by atoms with Crippen LogP contribution in [0.4, 0.5) is 17.2 Å². The van der Waals surface area contributed by atoms with E-state index in [0.29, 0.717) is 6.04 Å². The molecule has 4 rings (SSSR count). The van der Waals surface area contributed by atoms with Crippen LogP contribution in [0.1, 0.15) is 33.6 Å². The monoisotopic (exact) mass is 438 g/mol. The molecule has 1 aliphatic rings. The Bertz CT molecular complexity index is 1040. The lowest BCUT2D eigenvalue weighted by Gasteiger charge is -2.37. The minimum absolute atomic E-state index is 0.138. The molecule has 31 heavy (non-hydrogen) atoms. The Morgan fingerprint density at radius 2 is 1.74 bits per heavy atom. The van der Waals surface area contributed by atoms with Gasteiger partial charge in [0.2, 0.25) is 0 Å². The molecule has 0 amide bonds. The smallest absolute Gasteiger partial charge is 0.133 e. The van der Waals surface area contributed by atoms with Gasteiger partial charge in [-0.25, -0.2) is 4.98 Å². The molecule has 2 aromatic carbocycles. The van der Waals surface area contributed by atoms with Crippen molar-refractivity contribution in [2.45, 2.75) is 45.2 Å². The SMILES string of the molecule is COc1ccc2nc(Nc3ccc(Cl)cc3)cc(N3CCC(NC(C)(C)C)CC3)c2c1. The number of pyridine rings is 1. The summed E-state index contributed by atoms with van der Waals surface area (Å²) in [7, 11) is 1.70. The van der Waals surface area contributed by atoms with Crippen LogP contribution < -0.4 is 20.3 Å². The summed E-state index contributed by atoms with van der Waals surface area (Å²) in [4.78, 5) is 7.32. The van der Waals surface area contributed by atoms with Gasteiger partial charge in [-0.2, -0.15) is 0 Å². The van der Waals surface area contributed by atoms with Gasteiger partial charge in [0.1, 0.15) is 11.6 Å². The van der Waals surface area contributed by atoms with Gasteiger partial charge in [0.05, 0.1) is 12.6 Å². The van der Waals surface area contributed by atoms with Crippen molar-refractivity contribution in [3.63, 3.8) is 0 Å². The maximum Gasteiger partial charge on any atom is 0.133 e. The molecule has 2 N–H and O–H groups in total. The van der Waals surface area contributed by atoms with Gasteiger partial charge >= 0.3 is 0 Å². The largest absolute Gasteiger partial charge is 0.497 e. The number of piperidine rings is 1. The van der Waals surface area contributed by atoms with E-state index in [1.807, 2.05) is 36.4 Å². The summed E-state index contributed by atoms with van der Waals surface area (Å²) in [5.41, 5.74) is 3.24. The molecule has 0 atom stereocenters. The Morgan fingerprint density at radius 1 is 1.03 bits per heavy atom. The first-order valence-corrected chi connectivity index (χ1v) is 11.2. The van der Waals surface area contributed by atoms with E-state index in [1.165, 1.54) is 5.69 Å². The second-order valence-corrected chi connectivity index (χ2v) is 9.63. The number of hydrogen-bond donors (Lipinski definition) is 2. The zero-order chi connectivity index (χ0) is 22.0. The molecule has 5 nitrogen and oxygen atoms in total. The van der Waals surface area contributed by atoms with Crippen LogP contribution in [-0.2, 0) is 0 Å². The van der Waals surface area contributed by atoms with Crippen molar-refractivity contribution in [1.82, 2.24) is 10.3 Å². The standard InChI is InChI=1S/C25H31ClN4O/c1-25(2,3)29-19-11-13-30(14-12-19)23-16-24(27-18-7-5-17(26)6-8-18)28-22-10-9-20(31-4)15-21(22)23/h5-10,15-16,19,29H,11-14H2,1-4H3,(H,27,28). The minimum Gasteiger partial charge on any atom is -0.497 e. The predicted octanol–water partition coefficient (Wildman–Crippen LogP) is 6.00. The van der Waals surface area contributed by atoms with E-state index in [2.05, 4.69) is 48.4 Å². The topological polar surface area (TPSA) is 49.4 Å². The summed E-state index contributed by atoms with van der Waals surface area (Å²) in [5.74, 6) is 1.67. The van der Waals surface area contributed by atoms with Gasteiger partial charge in [-0.3, -0.25) is 0 Å². The van der Waals surface area contributed by atoms with Crippen molar-refractivity contribution in [2.75, 3.05) is 30.4 Å². The van der Waals surface area contributed by atoms with Crippen LogP contribution in [0.15, 0.2) is 48.5 Å². The van der Waals surface area contributed by atoms with Gasteiger partial charge in [0, 0.05) is 52.5 Å². The average molecular weight is 439 g/mol. The first-order valence-electron chi connectivity index (χ1n) is 10.8. The molecule has 0 unspecified atom stereocenters. The normalized spacial score (nSPS) is 15.3. The van der Waals surface area contributed by atoms with Crippen molar-refractivity contribution in [3.8, 4) is 5.75 Å². The number of hydrogen-bond acceptors (Lipinski definition) is 5. The highest BCUT2D eigenvalue weighted by Gasteiger charge is 2.24. The molecule has 0 bridgehead atoms. The van der Waals surface area contributed by atoms with Gasteiger partial charge in [0.25, 0.3) is 0 Å². The quantitative estimate of drug-likeness (QED) is 0.511. The highest BCUT2D eigenvalue weighted by atomic mass is 35.5. The predicted molar refractivity (Wildman–Crippen MR) is 131 cm³/mol. The molecule has 1 aliphatic heterocycles. The number of anilines is 3. The van der Waals surface area contributed by atoms with E-state index >= 15 is 0 Å². The summed E-state index contributed by atoms with van der Waals surface area (Å²) in [5, 5.41) is 9.02. The van der Waals surface area contributed by atoms with Gasteiger partial charge in [-0.1, -0.05) is 11.6 Å². The fourth-order valence-corrected chi connectivity index (χ4v) is 4.32. The summed E-state index contributed by atoms with van der Waals surface area (Å²) >= 11 is 6.03. The zero-order valence-electron chi connectivity index (χ0n) is 18.7. The zero-order valence-corrected chi connectivity index (χ0v) is 19.5. The van der Waals surface area contributed by atoms with E-state index < -0.39 is 0 Å². The van der Waals surface area contributed by atoms with Crippen molar-refractivity contribution < 1.29 is 4.74 Å². The molecule has 0 spiro atoms. The number of ether oxygens (including phenoxy) is 1. The molecule has 164 valence electrons. The highest BCUT2D eigenvalue weighted by molar-refractivity contribution is 6.30. The van der Waals surface area contributed by atoms with Crippen molar-refractivity contribution in [1.29, 1.82) is 0 Å². The number of benzene rings is 2. The summed E-state index contributed by atoms with van der Waals surface area (Å²) < 4.78 is 5.49. The molecule has 1 aromatic heterocycles. The number of methoxy groups -OCH3 is 1. The lowest BCUT2D eigenvalue weighted by atomic mass is 9.99. The van der Waals surface area contributed by atoms with Gasteiger partial charge in [-0.15, -0.1) is 0 Å². The van der Waals surface area contributed by atoms with Crippen molar-refractivity contribution in [2.24, 2.45) is 0 Å². The second-order valence-electron chi connectivity index (χ2n) is 9.20. The fourth-order valence-electron chi connectivity index (χ4n) is 4.20. The van der Waals surface area contributed by atoms with Gasteiger partial charge in [0.15, 0.2) is 0 Å². The molecule has 0 saturated carbocycles. The Labute approximate surface area is 189 Å². The van der Waals surface area contributed by atoms with Crippen molar-refractivity contribution >= 4 is 39.7 Å². The number of fused-ring (bicyclic) bond motifs is 1. The van der Waals surface area contributed by atoms with E-state index in [9.17, 15) is 0 Å². The van der Waals surface area contributed by atoms with Crippen LogP contribution >= 0.6 is 11.6 Å². The second kappa shape index (κ2) is 8.93. The van der Waals surface area contributed by atoms with E-state index in [-0.39, 0.29) is 5.54 Å². The lowest BCUT2D eigenvalue weighted by molar-refractivity contribution is 0.317. The summed E-state index contributed by atoms with van der Waals surface area (Å²) in [6.07, 6.45) is 2.23. The summed E-state index contributed by atoms with van der Waals surface area (Å²) in [6.45, 7) is 8.71. The molecule has 3 aromatic rings. The fraction of sp³-hybridized carbons (Fsp3) is 0.400. The molecular weight excluding hydrogens is 408 g/mol. The van der Waals surface area contributed by atoms with Crippen LogP contribution in [0.25, 0.3) is 10.9 Å². The number of halogens is 1. The number of nitrogens with zero attached hydrogens (tertiary/aromatic N) is 2. The van der Waals surface area contributed by atoms with E-state index in [1.54, 1.807) is 7.11 Å². The molecule has 6 heteroatoms. The minimum atomic E-state index is 0.138. The number of rotatable bonds is 5. The average Bonchev–Trinajstić information content (AvgIpc) is 2.74. The Balaban J connectivity index is 1.64. The van der Waals surface area contributed by atoms with Gasteiger partial charge in [-0.05, 0) is 76.1 Å². The van der Waals surface area contributed by atoms with Crippen molar-refractivity contribution in [3.05, 3.63) is 53.6 Å². The Kier molecular flexibility index (Phi) is 6.26. The number of nitrogens with one attached hydrogen (secondary N) is 2. The number of aromatic nitrogens is 1. The molecule has 0 aliphatic carbocycles. The van der Waals surface area contributed by atoms with Crippen LogP contribution in [0, 0.1) is 0 Å². The molecule has 1 saturated heterocycles. The van der Waals surface area contributed by atoms with Crippen LogP contribution in [0.5, 0.6) is 5.75 Å². The van der Waals surface area contributed by atoms with Crippen LogP contribution in [0.3, 0.4) is 0 Å². The van der Waals surface area contributed by atoms with Crippen LogP contribution in [-0.4, -0.2) is 36.8 Å².